The topological polar surface area (TPSA) is 72.5 Å². The predicted molar refractivity (Wildman–Crippen MR) is 126 cm³/mol. The number of nitrogens with one attached hydrogen (secondary N) is 1. The van der Waals surface area contributed by atoms with E-state index >= 15 is 0 Å². The highest BCUT2D eigenvalue weighted by atomic mass is 35.5. The van der Waals surface area contributed by atoms with Crippen molar-refractivity contribution in [3.05, 3.63) is 102 Å². The zero-order valence-electron chi connectivity index (χ0n) is 19.0. The van der Waals surface area contributed by atoms with Crippen LogP contribution >= 0.6 is 0 Å². The molecule has 0 aliphatic carbocycles. The third-order valence-electron chi connectivity index (χ3n) is 6.04. The molecule has 0 aliphatic heterocycles. The molecule has 0 amide bonds. The molecule has 0 spiro atoms. The minimum absolute atomic E-state index is 0. The zero-order valence-corrected chi connectivity index (χ0v) is 20.5. The molecule has 4 N–H and O–H groups in total. The van der Waals surface area contributed by atoms with E-state index in [-0.39, 0.29) is 24.8 Å². The molecule has 0 fully saturated rings. The van der Waals surface area contributed by atoms with E-state index in [1.54, 1.807) is 0 Å². The maximum atomic E-state index is 4.74. The number of halogens is 2. The van der Waals surface area contributed by atoms with Crippen LogP contribution in [-0.4, -0.2) is 14.5 Å². The van der Waals surface area contributed by atoms with Gasteiger partial charge in [-0.3, -0.25) is 4.98 Å². The summed E-state index contributed by atoms with van der Waals surface area (Å²) >= 11 is 0. The van der Waals surface area contributed by atoms with E-state index in [4.69, 9.17) is 4.98 Å². The van der Waals surface area contributed by atoms with E-state index in [0.29, 0.717) is 0 Å². The summed E-state index contributed by atoms with van der Waals surface area (Å²) in [6, 6.07) is 23.6. The Kier molecular flexibility index (Phi) is 8.40. The van der Waals surface area contributed by atoms with Crippen LogP contribution < -0.4 is 35.5 Å². The van der Waals surface area contributed by atoms with Crippen LogP contribution in [0.25, 0.3) is 33.3 Å². The molecule has 3 heterocycles. The second-order valence-corrected chi connectivity index (χ2v) is 8.09. The summed E-state index contributed by atoms with van der Waals surface area (Å²) in [5.74, 6) is 0. The van der Waals surface area contributed by atoms with Gasteiger partial charge in [-0.2, -0.15) is 0 Å². The number of hydrogen-bond donors (Lipinski definition) is 1. The van der Waals surface area contributed by atoms with Gasteiger partial charge in [-0.15, -0.1) is 0 Å². The van der Waals surface area contributed by atoms with E-state index in [2.05, 4.69) is 87.0 Å². The van der Waals surface area contributed by atoms with Crippen molar-refractivity contribution in [2.24, 2.45) is 7.05 Å². The van der Waals surface area contributed by atoms with Crippen molar-refractivity contribution in [1.29, 1.82) is 0 Å². The van der Waals surface area contributed by atoms with Crippen molar-refractivity contribution in [1.82, 2.24) is 14.5 Å². The fourth-order valence-corrected chi connectivity index (χ4v) is 4.19. The first kappa shape index (κ1) is 25.4. The summed E-state index contributed by atoms with van der Waals surface area (Å²) in [5, 5.41) is 1.16. The van der Waals surface area contributed by atoms with Gasteiger partial charge in [0.25, 0.3) is 0 Å². The molecule has 5 aromatic rings. The molecule has 0 radical (unpaired) electrons. The predicted octanol–water partition coefficient (Wildman–Crippen LogP) is -2.35. The molecular formula is C27H27Cl2N5. The van der Waals surface area contributed by atoms with Crippen LogP contribution in [0.3, 0.4) is 0 Å². The van der Waals surface area contributed by atoms with E-state index in [0.717, 1.165) is 47.2 Å². The molecule has 34 heavy (non-hydrogen) atoms. The summed E-state index contributed by atoms with van der Waals surface area (Å²) in [4.78, 5) is 12.7. The average molecular weight is 492 g/mol. The third-order valence-corrected chi connectivity index (χ3v) is 6.04. The zero-order chi connectivity index (χ0) is 21.9. The first-order valence-electron chi connectivity index (χ1n) is 11.0. The number of fused-ring (bicyclic) bond motifs is 1. The first-order valence-corrected chi connectivity index (χ1v) is 11.0. The molecule has 2 aromatic carbocycles. The number of benzene rings is 2. The molecule has 0 aliphatic rings. The molecule has 0 bridgehead atoms. The molecule has 3 aromatic heterocycles. The van der Waals surface area contributed by atoms with Gasteiger partial charge in [0.05, 0.1) is 29.5 Å². The Hall–Kier alpha value is -3.25. The van der Waals surface area contributed by atoms with E-state index < -0.39 is 0 Å². The number of hydrogen-bond acceptors (Lipinski definition) is 2. The van der Waals surface area contributed by atoms with E-state index in [1.807, 2.05) is 25.8 Å². The van der Waals surface area contributed by atoms with Crippen LogP contribution in [0.1, 0.15) is 17.0 Å². The Bertz CT molecular complexity index is 1370. The lowest BCUT2D eigenvalue weighted by Crippen LogP contribution is -3.00. The summed E-state index contributed by atoms with van der Waals surface area (Å²) in [6.45, 7) is 0.791. The van der Waals surface area contributed by atoms with Crippen LogP contribution in [0.15, 0.2) is 85.5 Å². The highest BCUT2D eigenvalue weighted by molar-refractivity contribution is 5.89. The van der Waals surface area contributed by atoms with Gasteiger partial charge < -0.3 is 35.1 Å². The number of quaternary nitrogens is 1. The number of aromatic amines is 1. The highest BCUT2D eigenvalue weighted by Crippen LogP contribution is 2.32. The van der Waals surface area contributed by atoms with Gasteiger partial charge in [0.1, 0.15) is 0 Å². The second-order valence-electron chi connectivity index (χ2n) is 8.09. The molecule has 0 saturated heterocycles. The van der Waals surface area contributed by atoms with Gasteiger partial charge in [-0.05, 0) is 36.6 Å². The maximum absolute atomic E-state index is 4.74. The van der Waals surface area contributed by atoms with Crippen molar-refractivity contribution < 1.29 is 35.5 Å². The Balaban J connectivity index is 0.00000162. The minimum Gasteiger partial charge on any atom is -1.00 e. The van der Waals surface area contributed by atoms with Crippen LogP contribution in [0, 0.1) is 0 Å². The fraction of sp³-hybridized carbons (Fsp3) is 0.148. The summed E-state index contributed by atoms with van der Waals surface area (Å²) in [6.07, 6.45) is 7.43. The Labute approximate surface area is 211 Å². The number of pyridine rings is 2. The average Bonchev–Trinajstić information content (AvgIpc) is 3.27. The number of rotatable bonds is 6. The van der Waals surface area contributed by atoms with E-state index in [9.17, 15) is 0 Å². The van der Waals surface area contributed by atoms with Crippen LogP contribution in [0.5, 0.6) is 0 Å². The van der Waals surface area contributed by atoms with Gasteiger partial charge in [-0.25, -0.2) is 9.97 Å². The number of aryl methyl sites for hydroxylation is 3. The van der Waals surface area contributed by atoms with E-state index in [1.165, 1.54) is 22.4 Å². The standard InChI is InChI=1S/C27H25N5.2ClH/c1-32-18-29-17-22(32)11-12-25-24-15-23(20-5-3-2-4-6-20)27(31-26(24)13-14-30-25)21-9-7-19(16-28)8-10-21;;/h2-10,13-15,17-18H,11-12,16,28H2,1H3;2*1H. The fourth-order valence-electron chi connectivity index (χ4n) is 4.19. The second kappa shape index (κ2) is 11.3. The smallest absolute Gasteiger partial charge is 0.219 e. The van der Waals surface area contributed by atoms with Crippen molar-refractivity contribution in [3.63, 3.8) is 0 Å². The van der Waals surface area contributed by atoms with Crippen LogP contribution in [-0.2, 0) is 26.4 Å². The monoisotopic (exact) mass is 491 g/mol. The number of imidazole rings is 1. The van der Waals surface area contributed by atoms with Gasteiger partial charge in [0.2, 0.25) is 11.2 Å². The Morgan fingerprint density at radius 3 is 2.35 bits per heavy atom. The van der Waals surface area contributed by atoms with Crippen molar-refractivity contribution >= 4 is 10.9 Å². The molecular weight excluding hydrogens is 465 g/mol. The third kappa shape index (κ3) is 5.12. The van der Waals surface area contributed by atoms with Gasteiger partial charge >= 0.3 is 0 Å². The van der Waals surface area contributed by atoms with Crippen molar-refractivity contribution in [2.45, 2.75) is 19.4 Å². The number of nitrogens with zero attached hydrogens (tertiary/aromatic N) is 3. The molecule has 5 rings (SSSR count). The van der Waals surface area contributed by atoms with Crippen molar-refractivity contribution in [3.8, 4) is 22.4 Å². The first-order chi connectivity index (χ1) is 15.7. The molecule has 174 valence electrons. The van der Waals surface area contributed by atoms with Gasteiger partial charge in [0.15, 0.2) is 0 Å². The lowest BCUT2D eigenvalue weighted by Gasteiger charge is -2.09. The van der Waals surface area contributed by atoms with Crippen molar-refractivity contribution in [2.75, 3.05) is 0 Å². The molecule has 5 nitrogen and oxygen atoms in total. The normalized spacial score (nSPS) is 10.5. The van der Waals surface area contributed by atoms with Crippen LogP contribution in [0.2, 0.25) is 0 Å². The molecule has 0 unspecified atom stereocenters. The molecule has 0 saturated carbocycles. The Morgan fingerprint density at radius 2 is 1.68 bits per heavy atom. The lowest BCUT2D eigenvalue weighted by atomic mass is 9.96. The summed E-state index contributed by atoms with van der Waals surface area (Å²) in [7, 11) is 2.03. The lowest BCUT2D eigenvalue weighted by molar-refractivity contribution is -0.386. The molecule has 7 heteroatoms. The molecule has 0 atom stereocenters. The summed E-state index contributed by atoms with van der Waals surface area (Å²) in [5.41, 5.74) is 13.3. The number of aromatic nitrogens is 4. The maximum Gasteiger partial charge on any atom is 0.219 e. The van der Waals surface area contributed by atoms with Crippen LogP contribution in [0.4, 0.5) is 0 Å². The minimum atomic E-state index is 0. The van der Waals surface area contributed by atoms with Gasteiger partial charge in [-0.1, -0.05) is 42.5 Å². The summed E-state index contributed by atoms with van der Waals surface area (Å²) < 4.78 is 2.07. The SMILES string of the molecule is Cn1cncc1CCc1nccc2[nH+]c(-c3ccc(C[NH3+])cc3)c(-c3ccccc3)cc12.[Cl-].[Cl-]. The quantitative estimate of drug-likeness (QED) is 0.289. The Morgan fingerprint density at radius 1 is 0.912 bits per heavy atom. The number of H-pyrrole nitrogens is 1. The highest BCUT2D eigenvalue weighted by Gasteiger charge is 2.19. The van der Waals surface area contributed by atoms with Gasteiger partial charge in [0, 0.05) is 42.3 Å². The largest absolute Gasteiger partial charge is 1.00 e.